The van der Waals surface area contributed by atoms with E-state index in [1.54, 1.807) is 77.4 Å². The summed E-state index contributed by atoms with van der Waals surface area (Å²) in [5, 5.41) is 2.88. The molecule has 34 heavy (non-hydrogen) atoms. The number of aromatic nitrogens is 1. The van der Waals surface area contributed by atoms with Crippen LogP contribution in [0.25, 0.3) is 0 Å². The zero-order valence-electron chi connectivity index (χ0n) is 19.0. The van der Waals surface area contributed by atoms with Crippen molar-refractivity contribution in [3.8, 4) is 11.5 Å². The first-order valence-electron chi connectivity index (χ1n) is 11.6. The van der Waals surface area contributed by atoms with Gasteiger partial charge in [-0.1, -0.05) is 25.0 Å². The van der Waals surface area contributed by atoms with E-state index >= 15 is 0 Å². The first-order valence-corrected chi connectivity index (χ1v) is 13.0. The topological polar surface area (TPSA) is 88.6 Å². The van der Waals surface area contributed by atoms with Gasteiger partial charge in [-0.25, -0.2) is 8.42 Å². The van der Waals surface area contributed by atoms with Crippen LogP contribution in [0.5, 0.6) is 11.5 Å². The van der Waals surface area contributed by atoms with E-state index in [2.05, 4.69) is 10.3 Å². The minimum absolute atomic E-state index is 0.107. The van der Waals surface area contributed by atoms with Crippen molar-refractivity contribution in [2.75, 3.05) is 18.4 Å². The van der Waals surface area contributed by atoms with Crippen molar-refractivity contribution in [3.05, 3.63) is 78.6 Å². The fourth-order valence-corrected chi connectivity index (χ4v) is 5.41. The summed E-state index contributed by atoms with van der Waals surface area (Å²) in [6, 6.07) is 17.6. The lowest BCUT2D eigenvalue weighted by Gasteiger charge is -2.20. The number of ether oxygens (including phenoxy) is 1. The van der Waals surface area contributed by atoms with Crippen molar-refractivity contribution < 1.29 is 17.9 Å². The van der Waals surface area contributed by atoms with E-state index in [1.807, 2.05) is 0 Å². The van der Waals surface area contributed by atoms with Crippen LogP contribution in [-0.4, -0.2) is 36.7 Å². The van der Waals surface area contributed by atoms with Gasteiger partial charge >= 0.3 is 0 Å². The summed E-state index contributed by atoms with van der Waals surface area (Å²) >= 11 is 0. The van der Waals surface area contributed by atoms with Crippen molar-refractivity contribution in [3.63, 3.8) is 0 Å². The van der Waals surface area contributed by atoms with Gasteiger partial charge in [0.05, 0.1) is 4.90 Å². The third-order valence-corrected chi connectivity index (χ3v) is 7.70. The molecule has 1 aliphatic rings. The molecule has 1 fully saturated rings. The number of sulfonamides is 1. The van der Waals surface area contributed by atoms with Crippen LogP contribution in [0.2, 0.25) is 0 Å². The van der Waals surface area contributed by atoms with Crippen LogP contribution in [0, 0.1) is 0 Å². The molecule has 1 aliphatic heterocycles. The van der Waals surface area contributed by atoms with Gasteiger partial charge in [-0.2, -0.15) is 4.31 Å². The molecule has 0 radical (unpaired) electrons. The normalized spacial score (nSPS) is 14.8. The predicted molar refractivity (Wildman–Crippen MR) is 131 cm³/mol. The van der Waals surface area contributed by atoms with E-state index in [-0.39, 0.29) is 5.91 Å². The molecule has 0 aliphatic carbocycles. The van der Waals surface area contributed by atoms with Gasteiger partial charge in [0.2, 0.25) is 15.9 Å². The van der Waals surface area contributed by atoms with Gasteiger partial charge in [0.25, 0.3) is 0 Å². The molecule has 2 heterocycles. The molecular formula is C26H29N3O4S. The zero-order valence-corrected chi connectivity index (χ0v) is 19.8. The predicted octanol–water partition coefficient (Wildman–Crippen LogP) is 5.01. The number of carbonyl (C=O) groups is 1. The van der Waals surface area contributed by atoms with Gasteiger partial charge in [0.15, 0.2) is 0 Å². The first kappa shape index (κ1) is 23.9. The van der Waals surface area contributed by atoms with Crippen molar-refractivity contribution in [2.24, 2.45) is 0 Å². The Bertz CT molecular complexity index is 1170. The monoisotopic (exact) mass is 479 g/mol. The number of carbonyl (C=O) groups excluding carboxylic acids is 1. The highest BCUT2D eigenvalue weighted by molar-refractivity contribution is 7.89. The van der Waals surface area contributed by atoms with E-state index in [0.29, 0.717) is 48.0 Å². The van der Waals surface area contributed by atoms with E-state index in [0.717, 1.165) is 31.2 Å². The summed E-state index contributed by atoms with van der Waals surface area (Å²) in [6.45, 7) is 1.17. The van der Waals surface area contributed by atoms with Crippen LogP contribution < -0.4 is 10.1 Å². The molecule has 1 aromatic heterocycles. The van der Waals surface area contributed by atoms with Gasteiger partial charge in [-0.3, -0.25) is 9.78 Å². The molecule has 0 bridgehead atoms. The minimum Gasteiger partial charge on any atom is -0.457 e. The average molecular weight is 480 g/mol. The van der Waals surface area contributed by atoms with Crippen LogP contribution >= 0.6 is 0 Å². The average Bonchev–Trinajstić information content (AvgIpc) is 3.15. The number of hydrogen-bond donors (Lipinski definition) is 1. The Morgan fingerprint density at radius 2 is 1.47 bits per heavy atom. The maximum absolute atomic E-state index is 12.9. The number of rotatable bonds is 8. The Kier molecular flexibility index (Phi) is 7.92. The summed E-state index contributed by atoms with van der Waals surface area (Å²) in [5.74, 6) is 1.25. The molecule has 0 saturated carbocycles. The van der Waals surface area contributed by atoms with Gasteiger partial charge in [0, 0.05) is 37.6 Å². The highest BCUT2D eigenvalue weighted by Crippen LogP contribution is 2.23. The highest BCUT2D eigenvalue weighted by atomic mass is 32.2. The quantitative estimate of drug-likeness (QED) is 0.491. The van der Waals surface area contributed by atoms with Crippen molar-refractivity contribution in [1.29, 1.82) is 0 Å². The lowest BCUT2D eigenvalue weighted by atomic mass is 10.1. The standard InChI is InChI=1S/C26H29N3O4S/c30-26(28-22-8-10-23(11-9-22)33-24-15-17-27-18-16-24)14-7-21-5-12-25(13-6-21)34(31,32)29-19-3-1-2-4-20-29/h5-6,8-13,15-18H,1-4,7,14,19-20H2,(H,28,30). The lowest BCUT2D eigenvalue weighted by Crippen LogP contribution is -2.31. The molecular weight excluding hydrogens is 450 g/mol. The molecule has 7 nitrogen and oxygen atoms in total. The molecule has 2 aromatic carbocycles. The van der Waals surface area contributed by atoms with Crippen molar-refractivity contribution in [2.45, 2.75) is 43.4 Å². The van der Waals surface area contributed by atoms with Crippen LogP contribution in [0.4, 0.5) is 5.69 Å². The van der Waals surface area contributed by atoms with E-state index in [9.17, 15) is 13.2 Å². The molecule has 0 atom stereocenters. The summed E-state index contributed by atoms with van der Waals surface area (Å²) in [4.78, 5) is 16.6. The Morgan fingerprint density at radius 1 is 0.853 bits per heavy atom. The summed E-state index contributed by atoms with van der Waals surface area (Å²) < 4.78 is 33.1. The number of pyridine rings is 1. The second-order valence-corrected chi connectivity index (χ2v) is 10.3. The number of amides is 1. The fraction of sp³-hybridized carbons (Fsp3) is 0.308. The molecule has 8 heteroatoms. The highest BCUT2D eigenvalue weighted by Gasteiger charge is 2.24. The van der Waals surface area contributed by atoms with Gasteiger partial charge in [-0.05, 0) is 73.4 Å². The van der Waals surface area contributed by atoms with Crippen LogP contribution in [0.15, 0.2) is 78.0 Å². The molecule has 1 saturated heterocycles. The maximum Gasteiger partial charge on any atom is 0.243 e. The third-order valence-electron chi connectivity index (χ3n) is 5.79. The minimum atomic E-state index is -3.46. The van der Waals surface area contributed by atoms with E-state index < -0.39 is 10.0 Å². The zero-order chi connectivity index (χ0) is 23.8. The summed E-state index contributed by atoms with van der Waals surface area (Å²) in [7, 11) is -3.46. The number of benzene rings is 2. The first-order chi connectivity index (χ1) is 16.5. The number of hydrogen-bond acceptors (Lipinski definition) is 5. The SMILES string of the molecule is O=C(CCc1ccc(S(=O)(=O)N2CCCCCC2)cc1)Nc1ccc(Oc2ccncc2)cc1. The summed E-state index contributed by atoms with van der Waals surface area (Å²) in [5.41, 5.74) is 1.61. The smallest absolute Gasteiger partial charge is 0.243 e. The van der Waals surface area contributed by atoms with Crippen LogP contribution in [0.3, 0.4) is 0 Å². The number of aryl methyl sites for hydroxylation is 1. The Morgan fingerprint density at radius 3 is 2.12 bits per heavy atom. The number of nitrogens with zero attached hydrogens (tertiary/aromatic N) is 2. The number of nitrogens with one attached hydrogen (secondary N) is 1. The number of anilines is 1. The molecule has 4 rings (SSSR count). The van der Waals surface area contributed by atoms with E-state index in [4.69, 9.17) is 4.74 Å². The Hall–Kier alpha value is -3.23. The van der Waals surface area contributed by atoms with E-state index in [1.165, 1.54) is 0 Å². The fourth-order valence-electron chi connectivity index (χ4n) is 3.89. The van der Waals surface area contributed by atoms with Gasteiger partial charge in [-0.15, -0.1) is 0 Å². The van der Waals surface area contributed by atoms with Crippen molar-refractivity contribution >= 4 is 21.6 Å². The second kappa shape index (κ2) is 11.3. The third kappa shape index (κ3) is 6.42. The molecule has 3 aromatic rings. The van der Waals surface area contributed by atoms with Crippen LogP contribution in [-0.2, 0) is 21.2 Å². The second-order valence-electron chi connectivity index (χ2n) is 8.32. The van der Waals surface area contributed by atoms with Crippen molar-refractivity contribution in [1.82, 2.24) is 9.29 Å². The lowest BCUT2D eigenvalue weighted by molar-refractivity contribution is -0.116. The molecule has 0 unspecified atom stereocenters. The molecule has 0 spiro atoms. The van der Waals surface area contributed by atoms with Crippen LogP contribution in [0.1, 0.15) is 37.7 Å². The largest absolute Gasteiger partial charge is 0.457 e. The summed E-state index contributed by atoms with van der Waals surface area (Å²) in [6.07, 6.45) is 8.12. The Labute approximate surface area is 200 Å². The molecule has 1 amide bonds. The van der Waals surface area contributed by atoms with Gasteiger partial charge < -0.3 is 10.1 Å². The maximum atomic E-state index is 12.9. The molecule has 1 N–H and O–H groups in total. The Balaban J connectivity index is 1.27. The molecule has 178 valence electrons. The van der Waals surface area contributed by atoms with Gasteiger partial charge in [0.1, 0.15) is 11.5 Å².